The van der Waals surface area contributed by atoms with Crippen molar-refractivity contribution in [3.05, 3.63) is 54.1 Å². The molecule has 2 N–H and O–H groups in total. The Bertz CT molecular complexity index is 653. The summed E-state index contributed by atoms with van der Waals surface area (Å²) in [5.41, 5.74) is -0.204. The molecule has 5 nitrogen and oxygen atoms in total. The third kappa shape index (κ3) is 3.68. The summed E-state index contributed by atoms with van der Waals surface area (Å²) in [6.07, 6.45) is 3.83. The predicted octanol–water partition coefficient (Wildman–Crippen LogP) is 2.92. The van der Waals surface area contributed by atoms with Crippen molar-refractivity contribution < 1.29 is 19.1 Å². The quantitative estimate of drug-likeness (QED) is 0.889. The van der Waals surface area contributed by atoms with Crippen LogP contribution in [-0.2, 0) is 4.79 Å². The molecule has 0 saturated carbocycles. The Morgan fingerprint density at radius 2 is 2.00 bits per heavy atom. The molecule has 110 valence electrons. The number of hydrogen-bond acceptors (Lipinski definition) is 2. The summed E-state index contributed by atoms with van der Waals surface area (Å²) in [6.45, 7) is 1.86. The van der Waals surface area contributed by atoms with E-state index >= 15 is 0 Å². The van der Waals surface area contributed by atoms with Crippen LogP contribution in [0.25, 0.3) is 0 Å². The van der Waals surface area contributed by atoms with E-state index < -0.39 is 11.8 Å². The van der Waals surface area contributed by atoms with Crippen LogP contribution in [0.2, 0.25) is 0 Å². The highest BCUT2D eigenvalue weighted by molar-refractivity contribution is 5.94. The number of nitrogens with zero attached hydrogens (tertiary/aromatic N) is 1. The van der Waals surface area contributed by atoms with Gasteiger partial charge in [-0.05, 0) is 37.3 Å². The minimum Gasteiger partial charge on any atom is -0.478 e. The van der Waals surface area contributed by atoms with Crippen LogP contribution in [0.4, 0.5) is 10.1 Å². The Labute approximate surface area is 121 Å². The van der Waals surface area contributed by atoms with Crippen LogP contribution >= 0.6 is 0 Å². The molecule has 0 fully saturated rings. The van der Waals surface area contributed by atoms with Crippen LogP contribution in [-0.4, -0.2) is 21.6 Å². The second kappa shape index (κ2) is 6.21. The molecule has 1 aromatic carbocycles. The van der Waals surface area contributed by atoms with Crippen LogP contribution in [0.15, 0.2) is 42.7 Å². The molecule has 1 unspecified atom stereocenters. The number of anilines is 1. The van der Waals surface area contributed by atoms with Gasteiger partial charge in [0.15, 0.2) is 0 Å². The van der Waals surface area contributed by atoms with Crippen LogP contribution in [0.5, 0.6) is 0 Å². The number of carboxylic acid groups (broad SMARTS) is 1. The third-order valence-electron chi connectivity index (χ3n) is 3.10. The molecule has 2 aromatic rings. The zero-order valence-corrected chi connectivity index (χ0v) is 11.4. The maximum atomic E-state index is 13.6. The highest BCUT2D eigenvalue weighted by atomic mass is 19.1. The van der Waals surface area contributed by atoms with Crippen molar-refractivity contribution in [3.63, 3.8) is 0 Å². The van der Waals surface area contributed by atoms with Gasteiger partial charge >= 0.3 is 5.97 Å². The van der Waals surface area contributed by atoms with E-state index in [9.17, 15) is 14.0 Å². The van der Waals surface area contributed by atoms with E-state index in [-0.39, 0.29) is 29.6 Å². The zero-order chi connectivity index (χ0) is 15.4. The van der Waals surface area contributed by atoms with E-state index in [0.717, 1.165) is 18.2 Å². The Hall–Kier alpha value is -2.63. The van der Waals surface area contributed by atoms with E-state index in [0.29, 0.717) is 0 Å². The molecule has 1 amide bonds. The van der Waals surface area contributed by atoms with Crippen molar-refractivity contribution in [2.75, 3.05) is 5.32 Å². The van der Waals surface area contributed by atoms with Crippen molar-refractivity contribution in [3.8, 4) is 0 Å². The van der Waals surface area contributed by atoms with Gasteiger partial charge < -0.3 is 15.0 Å². The molecule has 0 radical (unpaired) electrons. The van der Waals surface area contributed by atoms with Gasteiger partial charge in [-0.3, -0.25) is 4.79 Å². The second-order valence-corrected chi connectivity index (χ2v) is 4.73. The van der Waals surface area contributed by atoms with Crippen LogP contribution in [0.1, 0.15) is 29.7 Å². The summed E-state index contributed by atoms with van der Waals surface area (Å²) >= 11 is 0. The lowest BCUT2D eigenvalue weighted by Gasteiger charge is -2.14. The molecule has 6 heteroatoms. The molecule has 1 atom stereocenters. The Morgan fingerprint density at radius 1 is 1.33 bits per heavy atom. The number of halogens is 1. The second-order valence-electron chi connectivity index (χ2n) is 4.73. The van der Waals surface area contributed by atoms with Crippen molar-refractivity contribution in [2.24, 2.45) is 0 Å². The summed E-state index contributed by atoms with van der Waals surface area (Å²) in [4.78, 5) is 22.8. The van der Waals surface area contributed by atoms with E-state index in [1.807, 2.05) is 36.0 Å². The molecular formula is C15H15FN2O3. The molecule has 21 heavy (non-hydrogen) atoms. The van der Waals surface area contributed by atoms with Crippen LogP contribution in [0, 0.1) is 5.82 Å². The van der Waals surface area contributed by atoms with Gasteiger partial charge in [0.2, 0.25) is 5.91 Å². The molecule has 0 saturated heterocycles. The van der Waals surface area contributed by atoms with E-state index in [4.69, 9.17) is 5.11 Å². The number of carbonyl (C=O) groups is 2. The first-order valence-corrected chi connectivity index (χ1v) is 6.42. The number of carboxylic acids is 1. The number of carbonyl (C=O) groups excluding carboxylic acids is 1. The topological polar surface area (TPSA) is 71.3 Å². The molecule has 1 heterocycles. The summed E-state index contributed by atoms with van der Waals surface area (Å²) in [7, 11) is 0. The monoisotopic (exact) mass is 290 g/mol. The van der Waals surface area contributed by atoms with Gasteiger partial charge in [-0.1, -0.05) is 0 Å². The summed E-state index contributed by atoms with van der Waals surface area (Å²) in [6, 6.07) is 6.90. The summed E-state index contributed by atoms with van der Waals surface area (Å²) in [5.74, 6) is -2.22. The van der Waals surface area contributed by atoms with E-state index in [1.165, 1.54) is 0 Å². The molecule has 0 spiro atoms. The fourth-order valence-corrected chi connectivity index (χ4v) is 1.97. The Balaban J connectivity index is 2.05. The molecule has 0 bridgehead atoms. The number of hydrogen-bond donors (Lipinski definition) is 2. The highest BCUT2D eigenvalue weighted by Gasteiger charge is 2.14. The van der Waals surface area contributed by atoms with Crippen molar-refractivity contribution in [2.45, 2.75) is 19.4 Å². The van der Waals surface area contributed by atoms with Gasteiger partial charge in [-0.2, -0.15) is 0 Å². The van der Waals surface area contributed by atoms with Gasteiger partial charge in [-0.25, -0.2) is 9.18 Å². The predicted molar refractivity (Wildman–Crippen MR) is 75.7 cm³/mol. The first-order valence-electron chi connectivity index (χ1n) is 6.42. The standard InChI is InChI=1S/C15H15FN2O3/c1-10(18-6-2-3-7-18)8-14(19)17-13-9-11(15(20)21)4-5-12(13)16/h2-7,9-10H,8H2,1H3,(H,17,19)(H,20,21). The van der Waals surface area contributed by atoms with Crippen LogP contribution in [0.3, 0.4) is 0 Å². The van der Waals surface area contributed by atoms with Crippen molar-refractivity contribution in [1.82, 2.24) is 4.57 Å². The summed E-state index contributed by atoms with van der Waals surface area (Å²) < 4.78 is 15.5. The molecule has 2 rings (SSSR count). The first-order chi connectivity index (χ1) is 9.97. The smallest absolute Gasteiger partial charge is 0.335 e. The average Bonchev–Trinajstić information content (AvgIpc) is 2.95. The molecule has 0 aliphatic rings. The number of benzene rings is 1. The minimum atomic E-state index is -1.17. The Kier molecular flexibility index (Phi) is 4.37. The number of amides is 1. The van der Waals surface area contributed by atoms with Gasteiger partial charge in [0, 0.05) is 24.9 Å². The number of aromatic carboxylic acids is 1. The lowest BCUT2D eigenvalue weighted by atomic mass is 10.1. The molecule has 0 aliphatic carbocycles. The summed E-state index contributed by atoms with van der Waals surface area (Å²) in [5, 5.41) is 11.3. The molecular weight excluding hydrogens is 275 g/mol. The lowest BCUT2D eigenvalue weighted by Crippen LogP contribution is -2.18. The fraction of sp³-hybridized carbons (Fsp3) is 0.200. The van der Waals surface area contributed by atoms with Gasteiger partial charge in [0.05, 0.1) is 11.3 Å². The van der Waals surface area contributed by atoms with E-state index in [2.05, 4.69) is 5.32 Å². The van der Waals surface area contributed by atoms with Gasteiger partial charge in [-0.15, -0.1) is 0 Å². The maximum absolute atomic E-state index is 13.6. The van der Waals surface area contributed by atoms with Gasteiger partial charge in [0.1, 0.15) is 5.82 Å². The fourth-order valence-electron chi connectivity index (χ4n) is 1.97. The molecule has 0 aliphatic heterocycles. The van der Waals surface area contributed by atoms with Gasteiger partial charge in [0.25, 0.3) is 0 Å². The van der Waals surface area contributed by atoms with Crippen molar-refractivity contribution >= 4 is 17.6 Å². The Morgan fingerprint density at radius 3 is 2.62 bits per heavy atom. The van der Waals surface area contributed by atoms with E-state index in [1.54, 1.807) is 0 Å². The molecule has 1 aromatic heterocycles. The largest absolute Gasteiger partial charge is 0.478 e. The minimum absolute atomic E-state index is 0.0780. The zero-order valence-electron chi connectivity index (χ0n) is 11.4. The van der Waals surface area contributed by atoms with Crippen LogP contribution < -0.4 is 5.32 Å². The highest BCUT2D eigenvalue weighted by Crippen LogP contribution is 2.18. The first kappa shape index (κ1) is 14.8. The number of nitrogens with one attached hydrogen (secondary N) is 1. The number of aromatic nitrogens is 1. The number of rotatable bonds is 5. The maximum Gasteiger partial charge on any atom is 0.335 e. The normalized spacial score (nSPS) is 11.9. The average molecular weight is 290 g/mol. The third-order valence-corrected chi connectivity index (χ3v) is 3.10. The lowest BCUT2D eigenvalue weighted by molar-refractivity contribution is -0.116. The SMILES string of the molecule is CC(CC(=O)Nc1cc(C(=O)O)ccc1F)n1cccc1. The van der Waals surface area contributed by atoms with Crippen molar-refractivity contribution in [1.29, 1.82) is 0 Å².